The van der Waals surface area contributed by atoms with Gasteiger partial charge in [0.15, 0.2) is 0 Å². The largest absolute Gasteiger partial charge is 0.325 e. The number of carbonyl (C=O) groups is 2. The third-order valence-electron chi connectivity index (χ3n) is 4.12. The Morgan fingerprint density at radius 2 is 1.63 bits per heavy atom. The average Bonchev–Trinajstić information content (AvgIpc) is 2.75. The van der Waals surface area contributed by atoms with E-state index in [1.807, 2.05) is 61.5 Å². The van der Waals surface area contributed by atoms with Crippen LogP contribution >= 0.6 is 23.4 Å². The van der Waals surface area contributed by atoms with Gasteiger partial charge in [-0.2, -0.15) is 0 Å². The molecule has 0 heterocycles. The number of rotatable bonds is 7. The lowest BCUT2D eigenvalue weighted by Gasteiger charge is -2.13. The lowest BCUT2D eigenvalue weighted by atomic mass is 10.2. The van der Waals surface area contributed by atoms with Crippen molar-refractivity contribution in [2.75, 3.05) is 10.6 Å². The Bertz CT molecular complexity index is 1040. The molecule has 3 aromatic carbocycles. The molecule has 2 N–H and O–H groups in total. The van der Waals surface area contributed by atoms with Crippen LogP contribution < -0.4 is 10.6 Å². The molecule has 1 atom stereocenters. The van der Waals surface area contributed by atoms with Crippen molar-refractivity contribution in [2.45, 2.75) is 17.1 Å². The minimum Gasteiger partial charge on any atom is -0.325 e. The molecule has 0 spiro atoms. The predicted molar refractivity (Wildman–Crippen MR) is 126 cm³/mol. The predicted octanol–water partition coefficient (Wildman–Crippen LogP) is 6.11. The molecule has 0 radical (unpaired) electrons. The van der Waals surface area contributed by atoms with Gasteiger partial charge in [-0.05, 0) is 61.0 Å². The molecule has 0 saturated heterocycles. The van der Waals surface area contributed by atoms with Crippen molar-refractivity contribution >= 4 is 52.6 Å². The second-order valence-electron chi connectivity index (χ2n) is 6.52. The first-order chi connectivity index (χ1) is 14.5. The monoisotopic (exact) mass is 436 g/mol. The summed E-state index contributed by atoms with van der Waals surface area (Å²) in [7, 11) is 0. The number of thioether (sulfide) groups is 1. The lowest BCUT2D eigenvalue weighted by Crippen LogP contribution is -2.22. The number of halogens is 1. The highest BCUT2D eigenvalue weighted by Gasteiger charge is 2.15. The average molecular weight is 437 g/mol. The summed E-state index contributed by atoms with van der Waals surface area (Å²) in [6, 6.07) is 24.0. The highest BCUT2D eigenvalue weighted by atomic mass is 35.5. The van der Waals surface area contributed by atoms with E-state index in [1.165, 1.54) is 17.8 Å². The Morgan fingerprint density at radius 1 is 0.900 bits per heavy atom. The molecule has 2 amide bonds. The second-order valence-corrected chi connectivity index (χ2v) is 8.37. The smallest absolute Gasteiger partial charge is 0.248 e. The molecule has 1 unspecified atom stereocenters. The number of hydrogen-bond acceptors (Lipinski definition) is 3. The number of hydrogen-bond donors (Lipinski definition) is 2. The van der Waals surface area contributed by atoms with Gasteiger partial charge in [0.25, 0.3) is 0 Å². The van der Waals surface area contributed by atoms with Crippen LogP contribution in [0.2, 0.25) is 5.02 Å². The molecule has 4 nitrogen and oxygen atoms in total. The highest BCUT2D eigenvalue weighted by Crippen LogP contribution is 2.27. The summed E-state index contributed by atoms with van der Waals surface area (Å²) in [6.07, 6.45) is 3.26. The number of amides is 2. The molecule has 0 saturated carbocycles. The van der Waals surface area contributed by atoms with Gasteiger partial charge in [-0.25, -0.2) is 0 Å². The first-order valence-corrected chi connectivity index (χ1v) is 10.6. The molecule has 3 rings (SSSR count). The maximum absolute atomic E-state index is 12.4. The van der Waals surface area contributed by atoms with Crippen molar-refractivity contribution in [1.29, 1.82) is 0 Å². The van der Waals surface area contributed by atoms with Gasteiger partial charge in [0.1, 0.15) is 0 Å². The minimum absolute atomic E-state index is 0.109. The van der Waals surface area contributed by atoms with E-state index < -0.39 is 0 Å². The minimum atomic E-state index is -0.315. The molecule has 0 aliphatic carbocycles. The molecular formula is C24H21ClN2O2S. The van der Waals surface area contributed by atoms with E-state index in [4.69, 9.17) is 11.6 Å². The molecule has 30 heavy (non-hydrogen) atoms. The van der Waals surface area contributed by atoms with Gasteiger partial charge in [-0.15, -0.1) is 11.8 Å². The van der Waals surface area contributed by atoms with E-state index in [0.717, 1.165) is 10.5 Å². The Morgan fingerprint density at radius 3 is 2.37 bits per heavy atom. The maximum Gasteiger partial charge on any atom is 0.248 e. The number of anilines is 2. The fraction of sp³-hybridized carbons (Fsp3) is 0.0833. The van der Waals surface area contributed by atoms with Gasteiger partial charge in [0, 0.05) is 27.4 Å². The van der Waals surface area contributed by atoms with Crippen LogP contribution in [0.15, 0.2) is 89.8 Å². The zero-order valence-electron chi connectivity index (χ0n) is 16.3. The lowest BCUT2D eigenvalue weighted by molar-refractivity contribution is -0.115. The Hall–Kier alpha value is -3.02. The fourth-order valence-electron chi connectivity index (χ4n) is 2.60. The van der Waals surface area contributed by atoms with Crippen molar-refractivity contribution in [2.24, 2.45) is 0 Å². The summed E-state index contributed by atoms with van der Waals surface area (Å²) in [4.78, 5) is 25.5. The van der Waals surface area contributed by atoms with Crippen LogP contribution in [-0.2, 0) is 9.59 Å². The van der Waals surface area contributed by atoms with Gasteiger partial charge in [0.05, 0.1) is 5.25 Å². The standard InChI is InChI=1S/C24H21ClN2O2S/c1-17(24(29)27-20-13-11-19(25)12-14-20)30-22-9-5-8-21(16-22)26-23(28)15-10-18-6-3-2-4-7-18/h2-17H,1H3,(H,26,28)(H,27,29)/b15-10+. The highest BCUT2D eigenvalue weighted by molar-refractivity contribution is 8.00. The van der Waals surface area contributed by atoms with Crippen molar-refractivity contribution < 1.29 is 9.59 Å². The SMILES string of the molecule is CC(Sc1cccc(NC(=O)/C=C/c2ccccc2)c1)C(=O)Nc1ccc(Cl)cc1. The van der Waals surface area contributed by atoms with Crippen LogP contribution in [0.1, 0.15) is 12.5 Å². The van der Waals surface area contributed by atoms with Crippen molar-refractivity contribution in [3.63, 3.8) is 0 Å². The summed E-state index contributed by atoms with van der Waals surface area (Å²) < 4.78 is 0. The van der Waals surface area contributed by atoms with Crippen LogP contribution in [0.25, 0.3) is 6.08 Å². The molecule has 6 heteroatoms. The molecule has 0 bridgehead atoms. The first kappa shape index (κ1) is 21.7. The van der Waals surface area contributed by atoms with Crippen LogP contribution in [-0.4, -0.2) is 17.1 Å². The van der Waals surface area contributed by atoms with Gasteiger partial charge in [0.2, 0.25) is 11.8 Å². The number of nitrogens with one attached hydrogen (secondary N) is 2. The molecule has 0 aliphatic rings. The Balaban J connectivity index is 1.56. The van der Waals surface area contributed by atoms with E-state index >= 15 is 0 Å². The van der Waals surface area contributed by atoms with Gasteiger partial charge < -0.3 is 10.6 Å². The molecular weight excluding hydrogens is 416 g/mol. The molecule has 0 fully saturated rings. The van der Waals surface area contributed by atoms with E-state index in [9.17, 15) is 9.59 Å². The van der Waals surface area contributed by atoms with E-state index in [-0.39, 0.29) is 17.1 Å². The van der Waals surface area contributed by atoms with Gasteiger partial charge in [-0.3, -0.25) is 9.59 Å². The third-order valence-corrected chi connectivity index (χ3v) is 5.47. The van der Waals surface area contributed by atoms with Crippen molar-refractivity contribution in [3.05, 3.63) is 95.5 Å². The zero-order chi connectivity index (χ0) is 21.3. The molecule has 152 valence electrons. The molecule has 3 aromatic rings. The van der Waals surface area contributed by atoms with Crippen LogP contribution in [0.4, 0.5) is 11.4 Å². The Kier molecular flexibility index (Phi) is 7.71. The summed E-state index contributed by atoms with van der Waals surface area (Å²) in [6.45, 7) is 1.84. The van der Waals surface area contributed by atoms with E-state index in [0.29, 0.717) is 16.4 Å². The molecule has 0 aliphatic heterocycles. The van der Waals surface area contributed by atoms with E-state index in [1.54, 1.807) is 30.3 Å². The summed E-state index contributed by atoms with van der Waals surface area (Å²) in [5.41, 5.74) is 2.33. The summed E-state index contributed by atoms with van der Waals surface area (Å²) >= 11 is 7.29. The quantitative estimate of drug-likeness (QED) is 0.347. The van der Waals surface area contributed by atoms with Crippen LogP contribution in [0, 0.1) is 0 Å². The van der Waals surface area contributed by atoms with Crippen LogP contribution in [0.3, 0.4) is 0 Å². The normalized spacial score (nSPS) is 11.8. The zero-order valence-corrected chi connectivity index (χ0v) is 17.9. The van der Waals surface area contributed by atoms with Crippen molar-refractivity contribution in [3.8, 4) is 0 Å². The Labute approximate surface area is 185 Å². The molecule has 0 aromatic heterocycles. The maximum atomic E-state index is 12.4. The van der Waals surface area contributed by atoms with Crippen molar-refractivity contribution in [1.82, 2.24) is 0 Å². The van der Waals surface area contributed by atoms with Gasteiger partial charge in [-0.1, -0.05) is 48.0 Å². The number of carbonyl (C=O) groups excluding carboxylic acids is 2. The number of benzene rings is 3. The topological polar surface area (TPSA) is 58.2 Å². The summed E-state index contributed by atoms with van der Waals surface area (Å²) in [5, 5.41) is 6.02. The first-order valence-electron chi connectivity index (χ1n) is 9.37. The summed E-state index contributed by atoms with van der Waals surface area (Å²) in [5.74, 6) is -0.322. The fourth-order valence-corrected chi connectivity index (χ4v) is 3.65. The third kappa shape index (κ3) is 6.79. The van der Waals surface area contributed by atoms with E-state index in [2.05, 4.69) is 10.6 Å². The second kappa shape index (κ2) is 10.7. The van der Waals surface area contributed by atoms with Gasteiger partial charge >= 0.3 is 0 Å². The van der Waals surface area contributed by atoms with Crippen LogP contribution in [0.5, 0.6) is 0 Å².